The summed E-state index contributed by atoms with van der Waals surface area (Å²) in [6.45, 7) is 4.78. The Morgan fingerprint density at radius 3 is 2.88 bits per heavy atom. The topological polar surface area (TPSA) is 56.1 Å². The number of ether oxygens (including phenoxy) is 1. The van der Waals surface area contributed by atoms with Gasteiger partial charge in [-0.05, 0) is 26.0 Å². The number of carbonyl (C=O) groups is 1. The van der Waals surface area contributed by atoms with Crippen LogP contribution in [0.3, 0.4) is 0 Å². The van der Waals surface area contributed by atoms with Crippen LogP contribution in [0.15, 0.2) is 18.5 Å². The highest BCUT2D eigenvalue weighted by Crippen LogP contribution is 2.11. The molecule has 0 radical (unpaired) electrons. The predicted octanol–water partition coefficient (Wildman–Crippen LogP) is 0.985. The van der Waals surface area contributed by atoms with Crippen molar-refractivity contribution in [2.24, 2.45) is 0 Å². The lowest BCUT2D eigenvalue weighted by Gasteiger charge is -2.23. The van der Waals surface area contributed by atoms with E-state index in [1.54, 1.807) is 10.9 Å². The van der Waals surface area contributed by atoms with Crippen LogP contribution in [0.25, 0.3) is 0 Å². The first kappa shape index (κ1) is 12.7. The summed E-state index contributed by atoms with van der Waals surface area (Å²) in [4.78, 5) is 11.6. The van der Waals surface area contributed by atoms with Crippen LogP contribution in [0.1, 0.15) is 26.3 Å². The molecule has 1 heterocycles. The average molecular weight is 225 g/mol. The summed E-state index contributed by atoms with van der Waals surface area (Å²) in [5, 5.41) is 7.30. The van der Waals surface area contributed by atoms with E-state index in [2.05, 4.69) is 17.3 Å². The fraction of sp³-hybridized carbons (Fsp3) is 0.636. The number of nitrogens with one attached hydrogen (secondary N) is 1. The third-order valence-electron chi connectivity index (χ3n) is 2.49. The molecule has 0 saturated heterocycles. The van der Waals surface area contributed by atoms with E-state index in [0.29, 0.717) is 0 Å². The van der Waals surface area contributed by atoms with Crippen molar-refractivity contribution in [1.82, 2.24) is 15.1 Å². The highest BCUT2D eigenvalue weighted by molar-refractivity contribution is 5.76. The second-order valence-corrected chi connectivity index (χ2v) is 3.68. The number of nitrogens with zero attached hydrogens (tertiary/aromatic N) is 2. The van der Waals surface area contributed by atoms with Gasteiger partial charge in [-0.15, -0.1) is 0 Å². The van der Waals surface area contributed by atoms with Crippen molar-refractivity contribution in [2.45, 2.75) is 32.4 Å². The molecule has 0 spiro atoms. The van der Waals surface area contributed by atoms with Gasteiger partial charge in [0.2, 0.25) is 0 Å². The van der Waals surface area contributed by atoms with E-state index in [9.17, 15) is 4.79 Å². The molecule has 5 nitrogen and oxygen atoms in total. The van der Waals surface area contributed by atoms with Crippen molar-refractivity contribution in [3.63, 3.8) is 0 Å². The Balaban J connectivity index is 2.71. The zero-order chi connectivity index (χ0) is 12.0. The van der Waals surface area contributed by atoms with Gasteiger partial charge in [-0.2, -0.15) is 5.10 Å². The van der Waals surface area contributed by atoms with Gasteiger partial charge in [-0.1, -0.05) is 6.92 Å². The summed E-state index contributed by atoms with van der Waals surface area (Å²) in [6, 6.07) is 1.42. The molecule has 0 amide bonds. The maximum absolute atomic E-state index is 11.6. The zero-order valence-corrected chi connectivity index (χ0v) is 10.0. The minimum absolute atomic E-state index is 0.0611. The summed E-state index contributed by atoms with van der Waals surface area (Å²) < 4.78 is 6.54. The highest BCUT2D eigenvalue weighted by atomic mass is 16.5. The van der Waals surface area contributed by atoms with Gasteiger partial charge in [-0.25, -0.2) is 0 Å². The van der Waals surface area contributed by atoms with Crippen LogP contribution in [-0.4, -0.2) is 35.4 Å². The van der Waals surface area contributed by atoms with Gasteiger partial charge < -0.3 is 10.1 Å². The molecule has 0 aliphatic carbocycles. The molecular weight excluding hydrogens is 206 g/mol. The van der Waals surface area contributed by atoms with Crippen molar-refractivity contribution >= 4 is 5.97 Å². The number of hydrogen-bond acceptors (Lipinski definition) is 4. The standard InChI is InChI=1S/C11H19N3O2/c1-4-6-12-10(11(15)16-3)9(2)14-8-5-7-13-14/h5,7-10,12H,4,6H2,1-3H3. The molecule has 0 aliphatic rings. The van der Waals surface area contributed by atoms with Crippen LogP contribution < -0.4 is 5.32 Å². The van der Waals surface area contributed by atoms with Gasteiger partial charge in [0.1, 0.15) is 6.04 Å². The van der Waals surface area contributed by atoms with Gasteiger partial charge >= 0.3 is 5.97 Å². The van der Waals surface area contributed by atoms with Gasteiger partial charge in [-0.3, -0.25) is 9.48 Å². The van der Waals surface area contributed by atoms with Crippen molar-refractivity contribution in [2.75, 3.05) is 13.7 Å². The van der Waals surface area contributed by atoms with Crippen LogP contribution in [-0.2, 0) is 9.53 Å². The molecule has 90 valence electrons. The summed E-state index contributed by atoms with van der Waals surface area (Å²) in [7, 11) is 1.40. The molecule has 1 aromatic heterocycles. The third kappa shape index (κ3) is 3.06. The number of methoxy groups -OCH3 is 1. The van der Waals surface area contributed by atoms with E-state index in [1.807, 2.05) is 19.2 Å². The van der Waals surface area contributed by atoms with Crippen molar-refractivity contribution < 1.29 is 9.53 Å². The zero-order valence-electron chi connectivity index (χ0n) is 10.0. The number of hydrogen-bond donors (Lipinski definition) is 1. The van der Waals surface area contributed by atoms with E-state index in [4.69, 9.17) is 4.74 Å². The number of esters is 1. The van der Waals surface area contributed by atoms with E-state index in [-0.39, 0.29) is 18.1 Å². The van der Waals surface area contributed by atoms with E-state index < -0.39 is 0 Å². The molecule has 1 aromatic rings. The Morgan fingerprint density at radius 2 is 2.38 bits per heavy atom. The molecule has 5 heteroatoms. The van der Waals surface area contributed by atoms with Gasteiger partial charge in [0.15, 0.2) is 0 Å². The Kier molecular flexibility index (Phi) is 4.98. The average Bonchev–Trinajstić information content (AvgIpc) is 2.82. The Morgan fingerprint density at radius 1 is 1.62 bits per heavy atom. The minimum atomic E-state index is -0.357. The first-order valence-corrected chi connectivity index (χ1v) is 5.51. The highest BCUT2D eigenvalue weighted by Gasteiger charge is 2.26. The van der Waals surface area contributed by atoms with Gasteiger partial charge in [0.25, 0.3) is 0 Å². The van der Waals surface area contributed by atoms with Crippen LogP contribution in [0.4, 0.5) is 0 Å². The third-order valence-corrected chi connectivity index (χ3v) is 2.49. The molecule has 2 atom stereocenters. The minimum Gasteiger partial charge on any atom is -0.468 e. The molecular formula is C11H19N3O2. The fourth-order valence-corrected chi connectivity index (χ4v) is 1.55. The van der Waals surface area contributed by atoms with Crippen LogP contribution in [0, 0.1) is 0 Å². The Hall–Kier alpha value is -1.36. The van der Waals surface area contributed by atoms with E-state index >= 15 is 0 Å². The maximum atomic E-state index is 11.6. The largest absolute Gasteiger partial charge is 0.468 e. The van der Waals surface area contributed by atoms with Crippen LogP contribution >= 0.6 is 0 Å². The summed E-state index contributed by atoms with van der Waals surface area (Å²) in [6.07, 6.45) is 4.51. The number of aromatic nitrogens is 2. The maximum Gasteiger partial charge on any atom is 0.325 e. The van der Waals surface area contributed by atoms with Crippen molar-refractivity contribution in [1.29, 1.82) is 0 Å². The second kappa shape index (κ2) is 6.27. The lowest BCUT2D eigenvalue weighted by atomic mass is 10.1. The van der Waals surface area contributed by atoms with Crippen molar-refractivity contribution in [3.05, 3.63) is 18.5 Å². The Labute approximate surface area is 95.8 Å². The van der Waals surface area contributed by atoms with Gasteiger partial charge in [0, 0.05) is 12.4 Å². The lowest BCUT2D eigenvalue weighted by Crippen LogP contribution is -2.44. The lowest BCUT2D eigenvalue weighted by molar-refractivity contribution is -0.144. The van der Waals surface area contributed by atoms with E-state index in [1.165, 1.54) is 7.11 Å². The predicted molar refractivity (Wildman–Crippen MR) is 61.0 cm³/mol. The van der Waals surface area contributed by atoms with Crippen LogP contribution in [0.5, 0.6) is 0 Å². The first-order valence-electron chi connectivity index (χ1n) is 5.51. The first-order chi connectivity index (χ1) is 7.70. The number of rotatable bonds is 6. The van der Waals surface area contributed by atoms with Gasteiger partial charge in [0.05, 0.1) is 13.2 Å². The normalized spacial score (nSPS) is 14.4. The smallest absolute Gasteiger partial charge is 0.325 e. The van der Waals surface area contributed by atoms with E-state index in [0.717, 1.165) is 13.0 Å². The second-order valence-electron chi connectivity index (χ2n) is 3.68. The molecule has 1 N–H and O–H groups in total. The monoisotopic (exact) mass is 225 g/mol. The molecule has 0 bridgehead atoms. The molecule has 16 heavy (non-hydrogen) atoms. The van der Waals surface area contributed by atoms with Crippen LogP contribution in [0.2, 0.25) is 0 Å². The summed E-state index contributed by atoms with van der Waals surface area (Å²) in [5.41, 5.74) is 0. The SMILES string of the molecule is CCCNC(C(=O)OC)C(C)n1cccn1. The molecule has 2 unspecified atom stereocenters. The Bertz CT molecular complexity index is 311. The quantitative estimate of drug-likeness (QED) is 0.733. The molecule has 1 rings (SSSR count). The number of carbonyl (C=O) groups excluding carboxylic acids is 1. The fourth-order valence-electron chi connectivity index (χ4n) is 1.55. The molecule has 0 fully saturated rings. The van der Waals surface area contributed by atoms with Crippen molar-refractivity contribution in [3.8, 4) is 0 Å². The molecule has 0 aliphatic heterocycles. The molecule has 0 aromatic carbocycles. The summed E-state index contributed by atoms with van der Waals surface area (Å²) in [5.74, 6) is -0.253. The summed E-state index contributed by atoms with van der Waals surface area (Å²) >= 11 is 0. The molecule has 0 saturated carbocycles.